The zero-order chi connectivity index (χ0) is 30.6. The molecule has 0 N–H and O–H groups in total. The zero-order valence-corrected chi connectivity index (χ0v) is 25.2. The number of rotatable bonds is 7. The third-order valence-electron chi connectivity index (χ3n) is 9.42. The van der Waals surface area contributed by atoms with Crippen molar-refractivity contribution in [1.29, 1.82) is 0 Å². The van der Waals surface area contributed by atoms with Crippen LogP contribution < -0.4 is 9.64 Å². The first kappa shape index (κ1) is 28.0. The van der Waals surface area contributed by atoms with E-state index in [1.54, 1.807) is 24.3 Å². The van der Waals surface area contributed by atoms with Crippen molar-refractivity contribution in [2.75, 3.05) is 11.5 Å². The normalized spacial score (nSPS) is 21.0. The molecule has 1 saturated heterocycles. The minimum atomic E-state index is -1.56. The molecule has 44 heavy (non-hydrogen) atoms. The number of hydrogen-bond donors (Lipinski definition) is 0. The maximum absolute atomic E-state index is 15.0. The van der Waals surface area contributed by atoms with Gasteiger partial charge in [-0.15, -0.1) is 0 Å². The van der Waals surface area contributed by atoms with Gasteiger partial charge in [-0.25, -0.2) is 0 Å². The second-order valence-electron chi connectivity index (χ2n) is 12.4. The van der Waals surface area contributed by atoms with E-state index in [2.05, 4.69) is 18.7 Å². The van der Waals surface area contributed by atoms with Gasteiger partial charge in [0.2, 0.25) is 0 Å². The Morgan fingerprint density at radius 3 is 2.16 bits per heavy atom. The Bertz CT molecular complexity index is 1780. The molecule has 0 unspecified atom stereocenters. The van der Waals surface area contributed by atoms with E-state index in [1.165, 1.54) is 5.56 Å². The zero-order valence-electron chi connectivity index (χ0n) is 25.2. The summed E-state index contributed by atoms with van der Waals surface area (Å²) in [6, 6.07) is 28.8. The fourth-order valence-corrected chi connectivity index (χ4v) is 7.73. The van der Waals surface area contributed by atoms with Gasteiger partial charge >= 0.3 is 0 Å². The van der Waals surface area contributed by atoms with E-state index in [0.29, 0.717) is 40.5 Å². The Hall–Kier alpha value is -4.77. The van der Waals surface area contributed by atoms with Crippen LogP contribution in [0.15, 0.2) is 103 Å². The summed E-state index contributed by atoms with van der Waals surface area (Å²) in [7, 11) is 0. The Morgan fingerprint density at radius 1 is 0.841 bits per heavy atom. The number of carbonyl (C=O) groups excluding carboxylic acids is 3. The topological polar surface area (TPSA) is 63.7 Å². The van der Waals surface area contributed by atoms with E-state index >= 15 is 0 Å². The molecular formula is C39H35NO4. The van der Waals surface area contributed by atoms with Crippen LogP contribution in [-0.2, 0) is 6.42 Å². The maximum atomic E-state index is 15.0. The first-order valence-corrected chi connectivity index (χ1v) is 15.5. The van der Waals surface area contributed by atoms with E-state index in [0.717, 1.165) is 17.7 Å². The van der Waals surface area contributed by atoms with Crippen LogP contribution in [0.5, 0.6) is 5.75 Å². The number of benzene rings is 4. The van der Waals surface area contributed by atoms with Crippen molar-refractivity contribution in [2.45, 2.75) is 45.2 Å². The van der Waals surface area contributed by atoms with Gasteiger partial charge in [-0.05, 0) is 42.5 Å². The number of Topliss-reactive ketones (excluding diaryl/α,β-unsaturated/α-hetero) is 3. The highest BCUT2D eigenvalue weighted by Crippen LogP contribution is 2.62. The van der Waals surface area contributed by atoms with Crippen LogP contribution in [0.3, 0.4) is 0 Å². The molecule has 1 aliphatic carbocycles. The van der Waals surface area contributed by atoms with Gasteiger partial charge in [-0.2, -0.15) is 0 Å². The largest absolute Gasteiger partial charge is 0.494 e. The van der Waals surface area contributed by atoms with Gasteiger partial charge < -0.3 is 9.64 Å². The highest BCUT2D eigenvalue weighted by molar-refractivity contribution is 6.32. The molecule has 7 rings (SSSR count). The molecule has 1 fully saturated rings. The lowest BCUT2D eigenvalue weighted by Gasteiger charge is -2.37. The van der Waals surface area contributed by atoms with Crippen molar-refractivity contribution >= 4 is 29.1 Å². The molecule has 3 aliphatic rings. The fraction of sp³-hybridized carbons (Fsp3) is 0.256. The summed E-state index contributed by atoms with van der Waals surface area (Å²) in [5.41, 5.74) is 3.46. The standard InChI is InChI=1S/C39H35NO4/c1-4-44-32-16-10-8-14-30(32)34-35(36(41)27-19-17-25(18-20-27)23-24(2)3)40-31-15-9-5-11-26(31)21-22-33(40)39(34)37(42)28-12-6-7-13-29(28)38(39)43/h5-22,24,33-35H,4,23H2,1-3H3/t33-,34+,35+/m0/s1. The fourth-order valence-electron chi connectivity index (χ4n) is 7.73. The van der Waals surface area contributed by atoms with Gasteiger partial charge in [0.25, 0.3) is 0 Å². The van der Waals surface area contributed by atoms with Gasteiger partial charge in [0, 0.05) is 33.9 Å². The van der Waals surface area contributed by atoms with Crippen molar-refractivity contribution in [2.24, 2.45) is 11.3 Å². The summed E-state index contributed by atoms with van der Waals surface area (Å²) in [4.78, 5) is 46.8. The predicted octanol–water partition coefficient (Wildman–Crippen LogP) is 7.60. The molecule has 0 saturated carbocycles. The van der Waals surface area contributed by atoms with Crippen molar-refractivity contribution < 1.29 is 19.1 Å². The van der Waals surface area contributed by atoms with Gasteiger partial charge in [0.05, 0.1) is 12.6 Å². The molecule has 3 atom stereocenters. The molecular weight excluding hydrogens is 546 g/mol. The van der Waals surface area contributed by atoms with Crippen molar-refractivity contribution in [1.82, 2.24) is 0 Å². The predicted molar refractivity (Wildman–Crippen MR) is 173 cm³/mol. The van der Waals surface area contributed by atoms with Crippen molar-refractivity contribution in [3.05, 3.63) is 137 Å². The molecule has 2 heterocycles. The van der Waals surface area contributed by atoms with Crippen LogP contribution in [0.1, 0.15) is 74.5 Å². The third-order valence-corrected chi connectivity index (χ3v) is 9.42. The summed E-state index contributed by atoms with van der Waals surface area (Å²) in [6.45, 7) is 6.66. The summed E-state index contributed by atoms with van der Waals surface area (Å²) in [5, 5.41) is 0. The molecule has 5 heteroatoms. The lowest BCUT2D eigenvalue weighted by atomic mass is 9.64. The average Bonchev–Trinajstić information content (AvgIpc) is 3.47. The SMILES string of the molecule is CCOc1ccccc1[C@@H]1[C@H](C(=O)c2ccc(CC(C)C)cc2)N2c3ccccc3C=C[C@H]2C12C(=O)c1ccccc1C2=O. The van der Waals surface area contributed by atoms with Gasteiger partial charge in [-0.3, -0.25) is 14.4 Å². The van der Waals surface area contributed by atoms with E-state index in [1.807, 2.05) is 91.9 Å². The van der Waals surface area contributed by atoms with Crippen LogP contribution in [0.25, 0.3) is 6.08 Å². The Balaban J connectivity index is 1.50. The Labute approximate surface area is 258 Å². The summed E-state index contributed by atoms with van der Waals surface area (Å²) in [5.74, 6) is -0.337. The Kier molecular flexibility index (Phi) is 6.84. The quantitative estimate of drug-likeness (QED) is 0.166. The second-order valence-corrected chi connectivity index (χ2v) is 12.4. The number of para-hydroxylation sites is 2. The smallest absolute Gasteiger partial charge is 0.185 e. The summed E-state index contributed by atoms with van der Waals surface area (Å²) in [6.07, 6.45) is 4.86. The van der Waals surface area contributed by atoms with Crippen molar-refractivity contribution in [3.63, 3.8) is 0 Å². The minimum Gasteiger partial charge on any atom is -0.494 e. The first-order valence-electron chi connectivity index (χ1n) is 15.5. The minimum absolute atomic E-state index is 0.124. The molecule has 4 aromatic rings. The molecule has 4 aromatic carbocycles. The number of ether oxygens (including phenoxy) is 1. The number of anilines is 1. The third kappa shape index (κ3) is 4.02. The number of ketones is 3. The van der Waals surface area contributed by atoms with Crippen LogP contribution in [0, 0.1) is 11.3 Å². The van der Waals surface area contributed by atoms with Crippen LogP contribution in [0.4, 0.5) is 5.69 Å². The molecule has 2 aliphatic heterocycles. The lowest BCUT2D eigenvalue weighted by molar-refractivity contribution is 0.0664. The van der Waals surface area contributed by atoms with Gasteiger partial charge in [0.1, 0.15) is 17.2 Å². The number of fused-ring (bicyclic) bond motifs is 5. The molecule has 0 radical (unpaired) electrons. The Morgan fingerprint density at radius 2 is 1.48 bits per heavy atom. The molecule has 0 amide bonds. The molecule has 0 bridgehead atoms. The monoisotopic (exact) mass is 581 g/mol. The van der Waals surface area contributed by atoms with E-state index in [4.69, 9.17) is 4.74 Å². The lowest BCUT2D eigenvalue weighted by Crippen LogP contribution is -2.48. The molecule has 220 valence electrons. The van der Waals surface area contributed by atoms with E-state index in [9.17, 15) is 14.4 Å². The average molecular weight is 582 g/mol. The first-order chi connectivity index (χ1) is 21.4. The maximum Gasteiger partial charge on any atom is 0.185 e. The number of hydrogen-bond acceptors (Lipinski definition) is 5. The van der Waals surface area contributed by atoms with Crippen molar-refractivity contribution in [3.8, 4) is 5.75 Å². The highest BCUT2D eigenvalue weighted by atomic mass is 16.5. The van der Waals surface area contributed by atoms with Crippen LogP contribution in [0.2, 0.25) is 0 Å². The summed E-state index contributed by atoms with van der Waals surface area (Å²) >= 11 is 0. The number of carbonyl (C=O) groups is 3. The molecule has 0 aromatic heterocycles. The van der Waals surface area contributed by atoms with Gasteiger partial charge in [-0.1, -0.05) is 111 Å². The molecule has 5 nitrogen and oxygen atoms in total. The van der Waals surface area contributed by atoms with Crippen LogP contribution >= 0.6 is 0 Å². The summed E-state index contributed by atoms with van der Waals surface area (Å²) < 4.78 is 6.14. The van der Waals surface area contributed by atoms with Crippen LogP contribution in [-0.4, -0.2) is 36.0 Å². The van der Waals surface area contributed by atoms with E-state index < -0.39 is 23.4 Å². The van der Waals surface area contributed by atoms with E-state index in [-0.39, 0.29) is 17.3 Å². The second kappa shape index (κ2) is 10.7. The molecule has 1 spiro atoms. The highest BCUT2D eigenvalue weighted by Gasteiger charge is 2.71. The van der Waals surface area contributed by atoms with Gasteiger partial charge in [0.15, 0.2) is 17.3 Å². The number of nitrogens with zero attached hydrogens (tertiary/aromatic N) is 1.